The molecule has 0 aromatic carbocycles. The van der Waals surface area contributed by atoms with Crippen molar-refractivity contribution >= 4 is 17.5 Å². The van der Waals surface area contributed by atoms with Crippen molar-refractivity contribution in [2.24, 2.45) is 34.5 Å². The van der Waals surface area contributed by atoms with Crippen LogP contribution in [0.3, 0.4) is 0 Å². The maximum atomic E-state index is 12.8. The molecule has 7 atom stereocenters. The Bertz CT molecular complexity index is 899. The predicted octanol–water partition coefficient (Wildman–Crippen LogP) is 4.67. The van der Waals surface area contributed by atoms with Crippen molar-refractivity contribution in [2.75, 3.05) is 12.4 Å². The highest BCUT2D eigenvalue weighted by Crippen LogP contribution is 2.65. The molecule has 0 saturated heterocycles. The zero-order chi connectivity index (χ0) is 21.8. The first kappa shape index (κ1) is 20.7. The van der Waals surface area contributed by atoms with Gasteiger partial charge in [0, 0.05) is 43.0 Å². The molecule has 5 rings (SSSR count). The van der Waals surface area contributed by atoms with Crippen molar-refractivity contribution in [1.29, 1.82) is 0 Å². The molecule has 2 amide bonds. The monoisotopic (exact) mass is 421 g/mol. The second kappa shape index (κ2) is 7.46. The van der Waals surface area contributed by atoms with E-state index >= 15 is 0 Å². The summed E-state index contributed by atoms with van der Waals surface area (Å²) in [5.74, 6) is 2.78. The van der Waals surface area contributed by atoms with Gasteiger partial charge in [0.05, 0.1) is 0 Å². The van der Waals surface area contributed by atoms with Crippen LogP contribution >= 0.6 is 0 Å². The average Bonchev–Trinajstić information content (AvgIpc) is 3.08. The van der Waals surface area contributed by atoms with Crippen molar-refractivity contribution in [3.63, 3.8) is 0 Å². The number of carbonyl (C=O) groups excluding carboxylic acids is 2. The van der Waals surface area contributed by atoms with Crippen molar-refractivity contribution in [1.82, 2.24) is 9.88 Å². The summed E-state index contributed by atoms with van der Waals surface area (Å²) >= 11 is 0. The lowest BCUT2D eigenvalue weighted by atomic mass is 9.47. The van der Waals surface area contributed by atoms with E-state index in [1.165, 1.54) is 25.7 Å². The summed E-state index contributed by atoms with van der Waals surface area (Å²) in [4.78, 5) is 31.1. The highest BCUT2D eigenvalue weighted by Gasteiger charge is 2.60. The van der Waals surface area contributed by atoms with Gasteiger partial charge in [-0.2, -0.15) is 0 Å². The highest BCUT2D eigenvalue weighted by molar-refractivity contribution is 5.91. The Hall–Kier alpha value is -2.17. The molecule has 1 aromatic rings. The summed E-state index contributed by atoms with van der Waals surface area (Å²) in [6, 6.07) is 4.03. The van der Waals surface area contributed by atoms with Gasteiger partial charge in [0.15, 0.2) is 0 Å². The molecule has 166 valence electrons. The Labute approximate surface area is 185 Å². The Morgan fingerprint density at radius 3 is 2.68 bits per heavy atom. The summed E-state index contributed by atoms with van der Waals surface area (Å²) in [6.07, 6.45) is 15.2. The van der Waals surface area contributed by atoms with E-state index < -0.39 is 0 Å². The second-order valence-electron chi connectivity index (χ2n) is 10.9. The number of likely N-dealkylation sites (N-methyl/N-ethyl adjacent to an activating group) is 1. The summed E-state index contributed by atoms with van der Waals surface area (Å²) < 4.78 is 0. The molecule has 3 fully saturated rings. The smallest absolute Gasteiger partial charge is 0.246 e. The Morgan fingerprint density at radius 1 is 1.13 bits per heavy atom. The number of hydrogen-bond donors (Lipinski definition) is 1. The molecule has 31 heavy (non-hydrogen) atoms. The molecule has 4 aliphatic rings. The van der Waals surface area contributed by atoms with Crippen LogP contribution in [0.5, 0.6) is 0 Å². The Kier molecular flexibility index (Phi) is 4.98. The fraction of sp³-hybridized carbons (Fsp3) is 0.654. The van der Waals surface area contributed by atoms with Crippen LogP contribution in [0.25, 0.3) is 0 Å². The molecule has 1 aromatic heterocycles. The molecule has 0 spiro atoms. The fourth-order valence-corrected chi connectivity index (χ4v) is 8.05. The number of carbonyl (C=O) groups is 2. The minimum Gasteiger partial charge on any atom is -0.338 e. The Balaban J connectivity index is 1.32. The van der Waals surface area contributed by atoms with Crippen LogP contribution in [-0.2, 0) is 9.59 Å². The van der Waals surface area contributed by atoms with Crippen LogP contribution < -0.4 is 5.32 Å². The number of pyridine rings is 1. The summed E-state index contributed by atoms with van der Waals surface area (Å²) in [5.41, 5.74) is 1.17. The SMILES string of the molecule is CN1C(=O)C=C[C@]2(C)C3CC[C@@]4(C)C(CC[C@@H]4CC(=O)Nc4ccncc4)C3CCC12. The number of fused-ring (bicyclic) bond motifs is 5. The lowest BCUT2D eigenvalue weighted by molar-refractivity contribution is -0.139. The van der Waals surface area contributed by atoms with Gasteiger partial charge in [0.2, 0.25) is 11.8 Å². The number of aromatic nitrogens is 1. The maximum Gasteiger partial charge on any atom is 0.246 e. The summed E-state index contributed by atoms with van der Waals surface area (Å²) in [5, 5.41) is 3.06. The predicted molar refractivity (Wildman–Crippen MR) is 121 cm³/mol. The highest BCUT2D eigenvalue weighted by atomic mass is 16.2. The van der Waals surface area contributed by atoms with Gasteiger partial charge in [0.25, 0.3) is 0 Å². The number of rotatable bonds is 3. The topological polar surface area (TPSA) is 62.3 Å². The van der Waals surface area contributed by atoms with Gasteiger partial charge in [-0.3, -0.25) is 14.6 Å². The number of hydrogen-bond acceptors (Lipinski definition) is 3. The third kappa shape index (κ3) is 3.23. The van der Waals surface area contributed by atoms with Gasteiger partial charge in [-0.05, 0) is 85.8 Å². The lowest BCUT2D eigenvalue weighted by Gasteiger charge is -2.60. The minimum absolute atomic E-state index is 0.0870. The molecule has 5 heteroatoms. The molecular weight excluding hydrogens is 386 g/mol. The van der Waals surface area contributed by atoms with Crippen LogP contribution in [-0.4, -0.2) is 34.8 Å². The number of nitrogens with one attached hydrogen (secondary N) is 1. The molecule has 2 heterocycles. The van der Waals surface area contributed by atoms with Gasteiger partial charge in [-0.15, -0.1) is 0 Å². The van der Waals surface area contributed by atoms with E-state index in [0.29, 0.717) is 36.1 Å². The van der Waals surface area contributed by atoms with Crippen molar-refractivity contribution < 1.29 is 9.59 Å². The van der Waals surface area contributed by atoms with Crippen LogP contribution in [0.2, 0.25) is 0 Å². The zero-order valence-corrected chi connectivity index (χ0v) is 19.0. The average molecular weight is 422 g/mol. The number of anilines is 1. The third-order valence-corrected chi connectivity index (χ3v) is 9.72. The van der Waals surface area contributed by atoms with E-state index in [0.717, 1.165) is 18.5 Å². The molecule has 1 N–H and O–H groups in total. The van der Waals surface area contributed by atoms with Crippen molar-refractivity contribution in [3.8, 4) is 0 Å². The quantitative estimate of drug-likeness (QED) is 0.772. The van der Waals surface area contributed by atoms with E-state index in [9.17, 15) is 9.59 Å². The third-order valence-electron chi connectivity index (χ3n) is 9.72. The normalized spacial score (nSPS) is 41.3. The van der Waals surface area contributed by atoms with E-state index in [2.05, 4.69) is 30.2 Å². The van der Waals surface area contributed by atoms with Gasteiger partial charge < -0.3 is 10.2 Å². The fourth-order valence-electron chi connectivity index (χ4n) is 8.05. The van der Waals surface area contributed by atoms with Crippen LogP contribution in [0.15, 0.2) is 36.7 Å². The van der Waals surface area contributed by atoms with Gasteiger partial charge >= 0.3 is 0 Å². The second-order valence-corrected chi connectivity index (χ2v) is 10.9. The van der Waals surface area contributed by atoms with Crippen molar-refractivity contribution in [2.45, 2.75) is 64.8 Å². The van der Waals surface area contributed by atoms with Crippen molar-refractivity contribution in [3.05, 3.63) is 36.7 Å². The minimum atomic E-state index is 0.0870. The maximum absolute atomic E-state index is 12.8. The first-order chi connectivity index (χ1) is 14.8. The largest absolute Gasteiger partial charge is 0.338 e. The molecule has 0 radical (unpaired) electrons. The molecular formula is C26H35N3O2. The van der Waals surface area contributed by atoms with E-state index in [1.54, 1.807) is 12.4 Å². The van der Waals surface area contributed by atoms with Crippen LogP contribution in [0.1, 0.15) is 58.8 Å². The van der Waals surface area contributed by atoms with Crippen LogP contribution in [0.4, 0.5) is 5.69 Å². The van der Waals surface area contributed by atoms with Gasteiger partial charge in [-0.25, -0.2) is 0 Å². The Morgan fingerprint density at radius 2 is 1.90 bits per heavy atom. The lowest BCUT2D eigenvalue weighted by Crippen LogP contribution is -2.59. The van der Waals surface area contributed by atoms with Crippen LogP contribution in [0, 0.1) is 34.5 Å². The van der Waals surface area contributed by atoms with E-state index in [-0.39, 0.29) is 22.6 Å². The van der Waals surface area contributed by atoms with Gasteiger partial charge in [0.1, 0.15) is 0 Å². The molecule has 3 aliphatic carbocycles. The molecule has 5 nitrogen and oxygen atoms in total. The molecule has 4 unspecified atom stereocenters. The standard InChI is InChI=1S/C26H35N3O2/c1-25-12-8-21-19(5-7-22-26(21,2)13-9-24(31)29(22)3)20(25)6-4-17(25)16-23(30)28-18-10-14-27-15-11-18/h9-11,13-15,17,19-22H,4-8,12,16H2,1-3H3,(H,27,28,30)/t17-,19?,20?,21?,22?,25-,26-/m1/s1. The summed E-state index contributed by atoms with van der Waals surface area (Å²) in [6.45, 7) is 4.86. The van der Waals surface area contributed by atoms with Gasteiger partial charge in [-0.1, -0.05) is 19.9 Å². The molecule has 3 saturated carbocycles. The molecule has 0 bridgehead atoms. The first-order valence-corrected chi connectivity index (χ1v) is 12.0. The number of nitrogens with zero attached hydrogens (tertiary/aromatic N) is 2. The zero-order valence-electron chi connectivity index (χ0n) is 19.0. The first-order valence-electron chi connectivity index (χ1n) is 12.0. The van der Waals surface area contributed by atoms with E-state index in [1.807, 2.05) is 30.2 Å². The van der Waals surface area contributed by atoms with E-state index in [4.69, 9.17) is 0 Å². The molecule has 1 aliphatic heterocycles. The summed E-state index contributed by atoms with van der Waals surface area (Å²) in [7, 11) is 1.98. The number of amides is 2.